The largest absolute Gasteiger partial charge is 0.462 e. The normalized spacial score (nSPS) is 15.4. The van der Waals surface area contributed by atoms with Crippen molar-refractivity contribution in [1.82, 2.24) is 0 Å². The minimum absolute atomic E-state index is 0.0429. The molecule has 0 aromatic rings. The molecule has 1 aliphatic rings. The highest BCUT2D eigenvalue weighted by molar-refractivity contribution is 5.69. The SMILES string of the molecule is CCCCCC=CCC=CCCCCCCCCC(CCCCCCCCC=CCC=CCCCCC)OC(=O)CC[N+]1(C)CCC1. The van der Waals surface area contributed by atoms with Crippen molar-refractivity contribution in [2.45, 2.75) is 200 Å². The predicted molar refractivity (Wildman–Crippen MR) is 208 cm³/mol. The van der Waals surface area contributed by atoms with Crippen molar-refractivity contribution in [2.24, 2.45) is 0 Å². The Bertz CT molecular complexity index is 758. The first-order valence-electron chi connectivity index (χ1n) is 20.7. The van der Waals surface area contributed by atoms with E-state index in [0.29, 0.717) is 6.42 Å². The van der Waals surface area contributed by atoms with Gasteiger partial charge in [-0.1, -0.05) is 140 Å². The molecule has 0 aromatic carbocycles. The Kier molecular flexibility index (Phi) is 30.4. The molecule has 0 spiro atoms. The lowest BCUT2D eigenvalue weighted by Gasteiger charge is -2.41. The Morgan fingerprint density at radius 2 is 0.936 bits per heavy atom. The molecule has 1 saturated heterocycles. The molecule has 0 aliphatic carbocycles. The van der Waals surface area contributed by atoms with Gasteiger partial charge in [-0.3, -0.25) is 4.79 Å². The zero-order valence-electron chi connectivity index (χ0n) is 31.9. The van der Waals surface area contributed by atoms with E-state index < -0.39 is 0 Å². The van der Waals surface area contributed by atoms with Crippen LogP contribution in [0.3, 0.4) is 0 Å². The zero-order valence-corrected chi connectivity index (χ0v) is 31.9. The van der Waals surface area contributed by atoms with Crippen molar-refractivity contribution in [3.63, 3.8) is 0 Å². The number of ether oxygens (including phenoxy) is 1. The number of nitrogens with zero attached hydrogens (tertiary/aromatic N) is 1. The van der Waals surface area contributed by atoms with Gasteiger partial charge in [0.15, 0.2) is 0 Å². The van der Waals surface area contributed by atoms with Crippen molar-refractivity contribution in [1.29, 1.82) is 0 Å². The molecule has 1 fully saturated rings. The first-order chi connectivity index (χ1) is 23.1. The number of carbonyl (C=O) groups is 1. The summed E-state index contributed by atoms with van der Waals surface area (Å²) in [4.78, 5) is 12.7. The maximum atomic E-state index is 12.7. The van der Waals surface area contributed by atoms with Gasteiger partial charge in [-0.2, -0.15) is 0 Å². The number of esters is 1. The number of unbranched alkanes of at least 4 members (excludes halogenated alkanes) is 18. The van der Waals surface area contributed by atoms with E-state index in [2.05, 4.69) is 69.5 Å². The first kappa shape index (κ1) is 43.4. The van der Waals surface area contributed by atoms with Crippen LogP contribution in [-0.2, 0) is 9.53 Å². The summed E-state index contributed by atoms with van der Waals surface area (Å²) < 4.78 is 7.14. The molecule has 0 saturated carbocycles. The standard InChI is InChI=1S/C44H80NO2/c1-4-6-8-10-12-14-16-18-20-22-24-26-28-30-32-34-37-43(47-44(46)39-42-45(3)40-36-41-45)38-35-33-31-29-27-25-23-21-19-17-15-13-11-9-7-5-2/h12-15,18-21,43H,4-11,16-17,22-42H2,1-3H3/q+1. The Hall–Kier alpha value is -1.61. The highest BCUT2D eigenvalue weighted by Crippen LogP contribution is 2.20. The Morgan fingerprint density at radius 3 is 1.32 bits per heavy atom. The average Bonchev–Trinajstić information content (AvgIpc) is 3.05. The molecule has 0 atom stereocenters. The van der Waals surface area contributed by atoms with Crippen LogP contribution in [0.1, 0.15) is 194 Å². The molecular formula is C44H80NO2+. The lowest BCUT2D eigenvalue weighted by atomic mass is 10.0. The second-order valence-corrected chi connectivity index (χ2v) is 14.8. The van der Waals surface area contributed by atoms with E-state index in [9.17, 15) is 4.79 Å². The highest BCUT2D eigenvalue weighted by Gasteiger charge is 2.31. The van der Waals surface area contributed by atoms with Gasteiger partial charge in [0.1, 0.15) is 6.10 Å². The zero-order chi connectivity index (χ0) is 33.9. The van der Waals surface area contributed by atoms with E-state index in [1.807, 2.05) is 0 Å². The topological polar surface area (TPSA) is 26.3 Å². The third kappa shape index (κ3) is 29.1. The molecule has 3 heteroatoms. The van der Waals surface area contributed by atoms with Crippen molar-refractivity contribution in [3.8, 4) is 0 Å². The van der Waals surface area contributed by atoms with Crippen molar-refractivity contribution >= 4 is 5.97 Å². The van der Waals surface area contributed by atoms with E-state index in [4.69, 9.17) is 4.74 Å². The molecule has 0 radical (unpaired) electrons. The van der Waals surface area contributed by atoms with Gasteiger partial charge in [-0.05, 0) is 89.9 Å². The molecule has 1 heterocycles. The van der Waals surface area contributed by atoms with Gasteiger partial charge in [0.25, 0.3) is 0 Å². The lowest BCUT2D eigenvalue weighted by molar-refractivity contribution is -0.945. The smallest absolute Gasteiger partial charge is 0.311 e. The number of likely N-dealkylation sites (tertiary alicyclic amines) is 1. The number of allylic oxidation sites excluding steroid dienone is 8. The number of hydrogen-bond acceptors (Lipinski definition) is 2. The molecule has 1 aliphatic heterocycles. The van der Waals surface area contributed by atoms with Crippen LogP contribution in [-0.4, -0.2) is 43.2 Å². The quantitative estimate of drug-likeness (QED) is 0.0299. The number of hydrogen-bond donors (Lipinski definition) is 0. The molecule has 3 nitrogen and oxygen atoms in total. The molecule has 0 N–H and O–H groups in total. The second kappa shape index (κ2) is 32.9. The molecule has 0 bridgehead atoms. The van der Waals surface area contributed by atoms with Crippen LogP contribution in [0.15, 0.2) is 48.6 Å². The molecule has 47 heavy (non-hydrogen) atoms. The Morgan fingerprint density at radius 1 is 0.553 bits per heavy atom. The van der Waals surface area contributed by atoms with E-state index >= 15 is 0 Å². The van der Waals surface area contributed by atoms with Crippen LogP contribution in [0.2, 0.25) is 0 Å². The van der Waals surface area contributed by atoms with Crippen molar-refractivity contribution < 1.29 is 14.0 Å². The van der Waals surface area contributed by atoms with Gasteiger partial charge >= 0.3 is 5.97 Å². The number of carbonyl (C=O) groups excluding carboxylic acids is 1. The van der Waals surface area contributed by atoms with Crippen LogP contribution >= 0.6 is 0 Å². The van der Waals surface area contributed by atoms with Crippen LogP contribution in [0.4, 0.5) is 0 Å². The predicted octanol–water partition coefficient (Wildman–Crippen LogP) is 13.5. The second-order valence-electron chi connectivity index (χ2n) is 14.8. The summed E-state index contributed by atoms with van der Waals surface area (Å²) in [6.07, 6.45) is 53.4. The van der Waals surface area contributed by atoms with Crippen LogP contribution < -0.4 is 0 Å². The lowest BCUT2D eigenvalue weighted by Crippen LogP contribution is -2.55. The molecule has 0 aromatic heterocycles. The van der Waals surface area contributed by atoms with Crippen molar-refractivity contribution in [3.05, 3.63) is 48.6 Å². The fourth-order valence-corrected chi connectivity index (χ4v) is 6.51. The molecule has 272 valence electrons. The number of rotatable bonds is 34. The summed E-state index contributed by atoms with van der Waals surface area (Å²) in [5, 5.41) is 0. The van der Waals surface area contributed by atoms with Crippen LogP contribution in [0, 0.1) is 0 Å². The molecule has 1 rings (SSSR count). The fourth-order valence-electron chi connectivity index (χ4n) is 6.51. The van der Waals surface area contributed by atoms with Gasteiger partial charge in [0, 0.05) is 6.42 Å². The number of quaternary nitrogens is 1. The van der Waals surface area contributed by atoms with Gasteiger partial charge in [-0.15, -0.1) is 0 Å². The summed E-state index contributed by atoms with van der Waals surface area (Å²) in [6, 6.07) is 0. The molecule has 0 unspecified atom stereocenters. The molecular weight excluding hydrogens is 574 g/mol. The van der Waals surface area contributed by atoms with Crippen LogP contribution in [0.25, 0.3) is 0 Å². The van der Waals surface area contributed by atoms with Gasteiger partial charge in [0.2, 0.25) is 0 Å². The van der Waals surface area contributed by atoms with Gasteiger partial charge < -0.3 is 9.22 Å². The van der Waals surface area contributed by atoms with E-state index in [1.54, 1.807) is 0 Å². The first-order valence-corrected chi connectivity index (χ1v) is 20.7. The summed E-state index contributed by atoms with van der Waals surface area (Å²) >= 11 is 0. The third-order valence-corrected chi connectivity index (χ3v) is 10.0. The van der Waals surface area contributed by atoms with E-state index in [0.717, 1.165) is 36.7 Å². The molecule has 0 amide bonds. The summed E-state index contributed by atoms with van der Waals surface area (Å²) in [5.41, 5.74) is 0. The van der Waals surface area contributed by atoms with Crippen LogP contribution in [0.5, 0.6) is 0 Å². The Balaban J connectivity index is 2.14. The van der Waals surface area contributed by atoms with Crippen molar-refractivity contribution in [2.75, 3.05) is 26.7 Å². The fraction of sp³-hybridized carbons (Fsp3) is 0.795. The maximum Gasteiger partial charge on any atom is 0.311 e. The monoisotopic (exact) mass is 655 g/mol. The minimum Gasteiger partial charge on any atom is -0.462 e. The summed E-state index contributed by atoms with van der Waals surface area (Å²) in [5.74, 6) is 0.0429. The van der Waals surface area contributed by atoms with E-state index in [-0.39, 0.29) is 12.1 Å². The van der Waals surface area contributed by atoms with Gasteiger partial charge in [0.05, 0.1) is 33.1 Å². The minimum atomic E-state index is 0.0429. The maximum absolute atomic E-state index is 12.7. The highest BCUT2D eigenvalue weighted by atomic mass is 16.5. The summed E-state index contributed by atoms with van der Waals surface area (Å²) in [7, 11) is 2.28. The van der Waals surface area contributed by atoms with Gasteiger partial charge in [-0.25, -0.2) is 0 Å². The Labute approximate surface area is 294 Å². The third-order valence-electron chi connectivity index (χ3n) is 10.0. The van der Waals surface area contributed by atoms with E-state index in [1.165, 1.54) is 161 Å². The average molecular weight is 655 g/mol. The summed E-state index contributed by atoms with van der Waals surface area (Å²) in [6.45, 7) is 7.91.